The maximum absolute atomic E-state index is 12.3. The molecule has 20 heavy (non-hydrogen) atoms. The average molecular weight is 302 g/mol. The van der Waals surface area contributed by atoms with Crippen molar-refractivity contribution in [2.75, 3.05) is 12.0 Å². The van der Waals surface area contributed by atoms with Gasteiger partial charge in [0.15, 0.2) is 0 Å². The lowest BCUT2D eigenvalue weighted by Crippen LogP contribution is -2.55. The number of aliphatic hydroxyl groups is 1. The first-order valence-corrected chi connectivity index (χ1v) is 8.41. The molecule has 3 unspecified atom stereocenters. The third-order valence-corrected chi connectivity index (χ3v) is 4.79. The molecule has 0 radical (unpaired) electrons. The summed E-state index contributed by atoms with van der Waals surface area (Å²) in [5.74, 6) is -0.292. The molecule has 2 bridgehead atoms. The smallest absolute Gasteiger partial charge is 0.326 e. The van der Waals surface area contributed by atoms with Crippen LogP contribution in [0.3, 0.4) is 0 Å². The summed E-state index contributed by atoms with van der Waals surface area (Å²) in [5.41, 5.74) is 0. The highest BCUT2D eigenvalue weighted by molar-refractivity contribution is 7.98. The van der Waals surface area contributed by atoms with Gasteiger partial charge in [-0.2, -0.15) is 11.8 Å². The summed E-state index contributed by atoms with van der Waals surface area (Å²) in [6.45, 7) is 0. The molecule has 2 saturated heterocycles. The van der Waals surface area contributed by atoms with Crippen molar-refractivity contribution in [3.05, 3.63) is 0 Å². The van der Waals surface area contributed by atoms with Crippen molar-refractivity contribution in [1.29, 1.82) is 0 Å². The Bertz CT molecular complexity index is 365. The van der Waals surface area contributed by atoms with Crippen molar-refractivity contribution >= 4 is 23.8 Å². The third kappa shape index (κ3) is 3.38. The van der Waals surface area contributed by atoms with Crippen LogP contribution in [0.4, 0.5) is 4.79 Å². The maximum Gasteiger partial charge on any atom is 0.326 e. The van der Waals surface area contributed by atoms with Crippen molar-refractivity contribution in [3.8, 4) is 0 Å². The Morgan fingerprint density at radius 1 is 1.35 bits per heavy atom. The Labute approximate surface area is 122 Å². The van der Waals surface area contributed by atoms with Crippen molar-refractivity contribution in [3.63, 3.8) is 0 Å². The van der Waals surface area contributed by atoms with Crippen LogP contribution in [0, 0.1) is 0 Å². The highest BCUT2D eigenvalue weighted by Crippen LogP contribution is 2.35. The molecule has 3 atom stereocenters. The lowest BCUT2D eigenvalue weighted by atomic mass is 10.0. The molecule has 0 spiro atoms. The van der Waals surface area contributed by atoms with Crippen molar-refractivity contribution in [2.45, 2.75) is 56.3 Å². The molecule has 0 aliphatic carbocycles. The van der Waals surface area contributed by atoms with Crippen molar-refractivity contribution in [2.24, 2.45) is 0 Å². The van der Waals surface area contributed by atoms with Crippen LogP contribution < -0.4 is 5.32 Å². The van der Waals surface area contributed by atoms with Gasteiger partial charge in [0.25, 0.3) is 0 Å². The van der Waals surface area contributed by atoms with Gasteiger partial charge < -0.3 is 20.4 Å². The lowest BCUT2D eigenvalue weighted by molar-refractivity contribution is -0.139. The SMILES string of the molecule is CSCCC(NC(=O)N1C2CCC1CC(O)C2)C(=O)O. The highest BCUT2D eigenvalue weighted by Gasteiger charge is 2.43. The fourth-order valence-corrected chi connectivity index (χ4v) is 3.67. The first kappa shape index (κ1) is 15.4. The first-order chi connectivity index (χ1) is 9.52. The fraction of sp³-hybridized carbons (Fsp3) is 0.846. The zero-order valence-corrected chi connectivity index (χ0v) is 12.4. The highest BCUT2D eigenvalue weighted by atomic mass is 32.2. The van der Waals surface area contributed by atoms with Gasteiger partial charge in [-0.1, -0.05) is 0 Å². The Balaban J connectivity index is 1.95. The van der Waals surface area contributed by atoms with Gasteiger partial charge >= 0.3 is 12.0 Å². The molecular weight excluding hydrogens is 280 g/mol. The Morgan fingerprint density at radius 3 is 2.45 bits per heavy atom. The van der Waals surface area contributed by atoms with E-state index in [1.807, 2.05) is 6.26 Å². The number of nitrogens with one attached hydrogen (secondary N) is 1. The summed E-state index contributed by atoms with van der Waals surface area (Å²) in [7, 11) is 0. The number of carbonyl (C=O) groups excluding carboxylic acids is 1. The number of rotatable bonds is 5. The van der Waals surface area contributed by atoms with Gasteiger partial charge in [0.2, 0.25) is 0 Å². The van der Waals surface area contributed by atoms with E-state index in [1.54, 1.807) is 16.7 Å². The maximum atomic E-state index is 12.3. The number of urea groups is 1. The number of thioether (sulfide) groups is 1. The number of carbonyl (C=O) groups is 2. The summed E-state index contributed by atoms with van der Waals surface area (Å²) < 4.78 is 0. The second-order valence-electron chi connectivity index (χ2n) is 5.54. The van der Waals surface area contributed by atoms with Crippen LogP contribution in [-0.4, -0.2) is 63.4 Å². The Morgan fingerprint density at radius 2 is 1.95 bits per heavy atom. The van der Waals surface area contributed by atoms with Crippen LogP contribution in [0.2, 0.25) is 0 Å². The van der Waals surface area contributed by atoms with E-state index in [4.69, 9.17) is 5.11 Å². The number of fused-ring (bicyclic) bond motifs is 2. The van der Waals surface area contributed by atoms with Gasteiger partial charge in [-0.05, 0) is 44.1 Å². The van der Waals surface area contributed by atoms with E-state index in [0.717, 1.165) is 12.8 Å². The minimum Gasteiger partial charge on any atom is -0.480 e. The molecular formula is C13H22N2O4S. The quantitative estimate of drug-likeness (QED) is 0.702. The minimum atomic E-state index is -0.989. The minimum absolute atomic E-state index is 0.0544. The van der Waals surface area contributed by atoms with Gasteiger partial charge in [-0.3, -0.25) is 0 Å². The van der Waals surface area contributed by atoms with Crippen molar-refractivity contribution in [1.82, 2.24) is 10.2 Å². The average Bonchev–Trinajstić information content (AvgIpc) is 2.66. The van der Waals surface area contributed by atoms with Crippen LogP contribution >= 0.6 is 11.8 Å². The summed E-state index contributed by atoms with van der Waals surface area (Å²) in [6, 6.07) is -1.02. The number of nitrogens with zero attached hydrogens (tertiary/aromatic N) is 1. The standard InChI is InChI=1S/C13H22N2O4S/c1-20-5-4-11(12(17)18)14-13(19)15-8-2-3-9(15)7-10(16)6-8/h8-11,16H,2-7H2,1H3,(H,14,19)(H,17,18). The van der Waals surface area contributed by atoms with Crippen LogP contribution in [0.15, 0.2) is 0 Å². The van der Waals surface area contributed by atoms with Crippen LogP contribution in [0.1, 0.15) is 32.1 Å². The monoisotopic (exact) mass is 302 g/mol. The number of amides is 2. The predicted octanol–water partition coefficient (Wildman–Crippen LogP) is 0.890. The molecule has 0 aromatic heterocycles. The molecule has 6 nitrogen and oxygen atoms in total. The van der Waals surface area contributed by atoms with E-state index in [-0.39, 0.29) is 24.2 Å². The van der Waals surface area contributed by atoms with E-state index in [9.17, 15) is 14.7 Å². The number of aliphatic carboxylic acids is 1. The zero-order chi connectivity index (χ0) is 14.7. The molecule has 2 aliphatic heterocycles. The number of carboxylic acids is 1. The summed E-state index contributed by atoms with van der Waals surface area (Å²) in [4.78, 5) is 25.2. The van der Waals surface area contributed by atoms with E-state index >= 15 is 0 Å². The van der Waals surface area contributed by atoms with E-state index < -0.39 is 12.0 Å². The predicted molar refractivity (Wildman–Crippen MR) is 76.8 cm³/mol. The van der Waals surface area contributed by atoms with Gasteiger partial charge in [0, 0.05) is 12.1 Å². The van der Waals surface area contributed by atoms with Gasteiger partial charge in [0.1, 0.15) is 6.04 Å². The van der Waals surface area contributed by atoms with Gasteiger partial charge in [-0.25, -0.2) is 9.59 Å². The van der Waals surface area contributed by atoms with E-state index in [2.05, 4.69) is 5.32 Å². The Kier molecular flexibility index (Phi) is 5.15. The van der Waals surface area contributed by atoms with Gasteiger partial charge in [-0.15, -0.1) is 0 Å². The normalized spacial score (nSPS) is 30.1. The number of carboxylic acid groups (broad SMARTS) is 1. The van der Waals surface area contributed by atoms with Crippen LogP contribution in [-0.2, 0) is 4.79 Å². The van der Waals surface area contributed by atoms with E-state index in [0.29, 0.717) is 25.0 Å². The molecule has 2 rings (SSSR count). The largest absolute Gasteiger partial charge is 0.480 e. The zero-order valence-electron chi connectivity index (χ0n) is 11.6. The molecule has 0 aromatic rings. The molecule has 0 saturated carbocycles. The van der Waals surface area contributed by atoms with E-state index in [1.165, 1.54) is 0 Å². The summed E-state index contributed by atoms with van der Waals surface area (Å²) in [5, 5.41) is 21.5. The number of aliphatic hydroxyl groups excluding tert-OH is 1. The molecule has 3 N–H and O–H groups in total. The second kappa shape index (κ2) is 6.67. The molecule has 2 aliphatic rings. The molecule has 114 valence electrons. The Hall–Kier alpha value is -0.950. The molecule has 2 fully saturated rings. The van der Waals surface area contributed by atoms with Crippen LogP contribution in [0.25, 0.3) is 0 Å². The molecule has 0 aromatic carbocycles. The number of hydrogen-bond donors (Lipinski definition) is 3. The summed E-state index contributed by atoms with van der Waals surface area (Å²) >= 11 is 1.56. The number of piperidine rings is 1. The topological polar surface area (TPSA) is 89.9 Å². The first-order valence-electron chi connectivity index (χ1n) is 7.01. The molecule has 2 amide bonds. The molecule has 2 heterocycles. The van der Waals surface area contributed by atoms with Crippen molar-refractivity contribution < 1.29 is 19.8 Å². The number of hydrogen-bond acceptors (Lipinski definition) is 4. The fourth-order valence-electron chi connectivity index (χ4n) is 3.20. The second-order valence-corrected chi connectivity index (χ2v) is 6.52. The molecule has 7 heteroatoms. The van der Waals surface area contributed by atoms with Crippen LogP contribution in [0.5, 0.6) is 0 Å². The lowest BCUT2D eigenvalue weighted by Gasteiger charge is -2.37. The summed E-state index contributed by atoms with van der Waals surface area (Å²) in [6.07, 6.45) is 5.01. The third-order valence-electron chi connectivity index (χ3n) is 4.15. The van der Waals surface area contributed by atoms with Gasteiger partial charge in [0.05, 0.1) is 6.10 Å².